The molecule has 0 spiro atoms. The molecule has 0 atom stereocenters. The minimum atomic E-state index is 0.378. The fourth-order valence-electron chi connectivity index (χ4n) is 1.29. The highest BCUT2D eigenvalue weighted by Crippen LogP contribution is 2.17. The van der Waals surface area contributed by atoms with E-state index in [1.165, 1.54) is 4.88 Å². The van der Waals surface area contributed by atoms with Gasteiger partial charge in [-0.25, -0.2) is 0 Å². The number of aromatic nitrogens is 2. The van der Waals surface area contributed by atoms with Gasteiger partial charge in [0.2, 0.25) is 0 Å². The molecule has 0 unspecified atom stereocenters. The molecule has 5 heteroatoms. The molecule has 2 N–H and O–H groups in total. The number of thiophene rings is 1. The van der Waals surface area contributed by atoms with Gasteiger partial charge in [-0.2, -0.15) is 5.10 Å². The van der Waals surface area contributed by atoms with Crippen LogP contribution >= 0.6 is 22.9 Å². The van der Waals surface area contributed by atoms with Crippen LogP contribution in [0, 0.1) is 11.8 Å². The fourth-order valence-corrected chi connectivity index (χ4v) is 2.27. The van der Waals surface area contributed by atoms with Crippen LogP contribution in [0.15, 0.2) is 23.8 Å². The predicted octanol–water partition coefficient (Wildman–Crippen LogP) is 1.96. The summed E-state index contributed by atoms with van der Waals surface area (Å²) in [6, 6.07) is 1.99. The first-order chi connectivity index (χ1) is 7.79. The number of hydrogen-bond donors (Lipinski definition) is 1. The van der Waals surface area contributed by atoms with E-state index >= 15 is 0 Å². The van der Waals surface area contributed by atoms with Crippen molar-refractivity contribution in [3.8, 4) is 11.8 Å². The highest BCUT2D eigenvalue weighted by Gasteiger charge is 2.03. The topological polar surface area (TPSA) is 43.8 Å². The van der Waals surface area contributed by atoms with E-state index in [0.717, 1.165) is 5.56 Å². The Morgan fingerprint density at radius 2 is 2.44 bits per heavy atom. The standard InChI is InChI=1S/C11H10ClN3S/c12-10-6-14-15(7-10)8-11-9(2-1-4-13)3-5-16-11/h3,5-7H,4,8,13H2. The highest BCUT2D eigenvalue weighted by molar-refractivity contribution is 7.10. The Morgan fingerprint density at radius 3 is 3.12 bits per heavy atom. The summed E-state index contributed by atoms with van der Waals surface area (Å²) in [5.41, 5.74) is 6.36. The first-order valence-electron chi connectivity index (χ1n) is 4.73. The zero-order valence-electron chi connectivity index (χ0n) is 8.48. The van der Waals surface area contributed by atoms with Gasteiger partial charge in [-0.1, -0.05) is 23.4 Å². The predicted molar refractivity (Wildman–Crippen MR) is 66.6 cm³/mol. The summed E-state index contributed by atoms with van der Waals surface area (Å²) in [5, 5.41) is 6.79. The number of hydrogen-bond acceptors (Lipinski definition) is 3. The maximum absolute atomic E-state index is 5.80. The summed E-state index contributed by atoms with van der Waals surface area (Å²) < 4.78 is 1.79. The molecule has 3 nitrogen and oxygen atoms in total. The zero-order chi connectivity index (χ0) is 11.4. The molecule has 0 aromatic carbocycles. The lowest BCUT2D eigenvalue weighted by Crippen LogP contribution is -1.99. The molecule has 0 radical (unpaired) electrons. The molecule has 16 heavy (non-hydrogen) atoms. The number of rotatable bonds is 2. The SMILES string of the molecule is NCC#Cc1ccsc1Cn1cc(Cl)cn1. The van der Waals surface area contributed by atoms with Crippen LogP contribution in [0.2, 0.25) is 5.02 Å². The molecule has 0 amide bonds. The lowest BCUT2D eigenvalue weighted by Gasteiger charge is -1.98. The lowest BCUT2D eigenvalue weighted by atomic mass is 10.2. The lowest BCUT2D eigenvalue weighted by molar-refractivity contribution is 0.694. The van der Waals surface area contributed by atoms with Gasteiger partial charge in [-0.15, -0.1) is 11.3 Å². The van der Waals surface area contributed by atoms with Gasteiger partial charge in [0.15, 0.2) is 0 Å². The van der Waals surface area contributed by atoms with Crippen molar-refractivity contribution in [1.29, 1.82) is 0 Å². The number of halogens is 1. The summed E-state index contributed by atoms with van der Waals surface area (Å²) >= 11 is 7.46. The summed E-state index contributed by atoms with van der Waals surface area (Å²) in [7, 11) is 0. The Balaban J connectivity index is 2.18. The highest BCUT2D eigenvalue weighted by atomic mass is 35.5. The molecule has 0 aliphatic rings. The third-order valence-electron chi connectivity index (χ3n) is 1.98. The van der Waals surface area contributed by atoms with Crippen molar-refractivity contribution in [2.45, 2.75) is 6.54 Å². The van der Waals surface area contributed by atoms with Gasteiger partial charge >= 0.3 is 0 Å². The Bertz CT molecular complexity index is 533. The molecule has 82 valence electrons. The van der Waals surface area contributed by atoms with Crippen LogP contribution < -0.4 is 5.73 Å². The van der Waals surface area contributed by atoms with Crippen molar-refractivity contribution in [2.24, 2.45) is 5.73 Å². The maximum atomic E-state index is 5.80. The van der Waals surface area contributed by atoms with Crippen molar-refractivity contribution in [1.82, 2.24) is 9.78 Å². The van der Waals surface area contributed by atoms with Crippen LogP contribution in [-0.4, -0.2) is 16.3 Å². The van der Waals surface area contributed by atoms with Crippen molar-refractivity contribution >= 4 is 22.9 Å². The molecule has 0 saturated heterocycles. The molecule has 0 fully saturated rings. The zero-order valence-corrected chi connectivity index (χ0v) is 10.1. The van der Waals surface area contributed by atoms with Crippen LogP contribution in [0.1, 0.15) is 10.4 Å². The van der Waals surface area contributed by atoms with Crippen LogP contribution in [0.4, 0.5) is 0 Å². The summed E-state index contributed by atoms with van der Waals surface area (Å²) in [6.45, 7) is 1.07. The smallest absolute Gasteiger partial charge is 0.0785 e. The summed E-state index contributed by atoms with van der Waals surface area (Å²) in [6.07, 6.45) is 3.42. The van der Waals surface area contributed by atoms with Gasteiger partial charge in [-0.3, -0.25) is 4.68 Å². The number of nitrogens with zero attached hydrogens (tertiary/aromatic N) is 2. The minimum Gasteiger partial charge on any atom is -0.320 e. The molecule has 2 aromatic heterocycles. The van der Waals surface area contributed by atoms with Gasteiger partial charge in [0.1, 0.15) is 0 Å². The van der Waals surface area contributed by atoms with Gasteiger partial charge in [0.05, 0.1) is 24.3 Å². The van der Waals surface area contributed by atoms with Gasteiger partial charge in [0.25, 0.3) is 0 Å². The van der Waals surface area contributed by atoms with E-state index in [1.807, 2.05) is 11.4 Å². The van der Waals surface area contributed by atoms with Crippen LogP contribution in [0.5, 0.6) is 0 Å². The third-order valence-corrected chi connectivity index (χ3v) is 3.08. The molecule has 2 aromatic rings. The molecule has 0 saturated carbocycles. The number of nitrogens with two attached hydrogens (primary N) is 1. The largest absolute Gasteiger partial charge is 0.320 e. The second-order valence-electron chi connectivity index (χ2n) is 3.12. The normalized spacial score (nSPS) is 9.88. The molecule has 0 aliphatic heterocycles. The molecule has 2 heterocycles. The van der Waals surface area contributed by atoms with E-state index < -0.39 is 0 Å². The van der Waals surface area contributed by atoms with E-state index in [2.05, 4.69) is 16.9 Å². The van der Waals surface area contributed by atoms with E-state index in [4.69, 9.17) is 17.3 Å². The average Bonchev–Trinajstić information content (AvgIpc) is 2.86. The van der Waals surface area contributed by atoms with Gasteiger partial charge in [-0.05, 0) is 11.4 Å². The molecule has 2 rings (SSSR count). The van der Waals surface area contributed by atoms with Crippen LogP contribution in [0.25, 0.3) is 0 Å². The van der Waals surface area contributed by atoms with Crippen LogP contribution in [-0.2, 0) is 6.54 Å². The van der Waals surface area contributed by atoms with Crippen LogP contribution in [0.3, 0.4) is 0 Å². The maximum Gasteiger partial charge on any atom is 0.0785 e. The van der Waals surface area contributed by atoms with Crippen molar-refractivity contribution < 1.29 is 0 Å². The third kappa shape index (κ3) is 2.64. The van der Waals surface area contributed by atoms with Crippen molar-refractivity contribution in [3.05, 3.63) is 39.3 Å². The average molecular weight is 252 g/mol. The van der Waals surface area contributed by atoms with Gasteiger partial charge < -0.3 is 5.73 Å². The first kappa shape index (κ1) is 11.2. The van der Waals surface area contributed by atoms with E-state index in [9.17, 15) is 0 Å². The monoisotopic (exact) mass is 251 g/mol. The summed E-state index contributed by atoms with van der Waals surface area (Å²) in [4.78, 5) is 1.17. The second kappa shape index (κ2) is 5.17. The Hall–Kier alpha value is -1.28. The quantitative estimate of drug-likeness (QED) is 0.830. The van der Waals surface area contributed by atoms with Gasteiger partial charge in [0, 0.05) is 16.6 Å². The van der Waals surface area contributed by atoms with Crippen molar-refractivity contribution in [2.75, 3.05) is 6.54 Å². The minimum absolute atomic E-state index is 0.378. The molecular weight excluding hydrogens is 242 g/mol. The second-order valence-corrected chi connectivity index (χ2v) is 4.56. The first-order valence-corrected chi connectivity index (χ1v) is 5.98. The molecule has 0 bridgehead atoms. The van der Waals surface area contributed by atoms with E-state index in [-0.39, 0.29) is 0 Å². The Kier molecular flexibility index (Phi) is 3.62. The Labute approximate surface area is 103 Å². The molecular formula is C11H10ClN3S. The fraction of sp³-hybridized carbons (Fsp3) is 0.182. The Morgan fingerprint density at radius 1 is 1.56 bits per heavy atom. The van der Waals surface area contributed by atoms with Crippen molar-refractivity contribution in [3.63, 3.8) is 0 Å². The van der Waals surface area contributed by atoms with E-state index in [1.54, 1.807) is 28.4 Å². The summed E-state index contributed by atoms with van der Waals surface area (Å²) in [5.74, 6) is 5.89. The molecule has 0 aliphatic carbocycles. The van der Waals surface area contributed by atoms with E-state index in [0.29, 0.717) is 18.1 Å².